The van der Waals surface area contributed by atoms with E-state index in [0.29, 0.717) is 17.9 Å². The number of para-hydroxylation sites is 1. The molecule has 1 aromatic heterocycles. The Labute approximate surface area is 140 Å². The van der Waals surface area contributed by atoms with Crippen LogP contribution in [0.3, 0.4) is 0 Å². The van der Waals surface area contributed by atoms with E-state index in [9.17, 15) is 4.79 Å². The molecule has 2 aromatic carbocycles. The van der Waals surface area contributed by atoms with Crippen LogP contribution < -0.4 is 15.1 Å². The molecule has 0 unspecified atom stereocenters. The van der Waals surface area contributed by atoms with Crippen molar-refractivity contribution in [2.24, 2.45) is 0 Å². The van der Waals surface area contributed by atoms with E-state index < -0.39 is 0 Å². The highest BCUT2D eigenvalue weighted by atomic mass is 16.5. The fourth-order valence-corrected chi connectivity index (χ4v) is 2.83. The number of rotatable bonds is 5. The quantitative estimate of drug-likeness (QED) is 0.658. The molecule has 0 atom stereocenters. The lowest BCUT2D eigenvalue weighted by atomic mass is 10.0. The van der Waals surface area contributed by atoms with E-state index in [0.717, 1.165) is 34.2 Å². The summed E-state index contributed by atoms with van der Waals surface area (Å²) in [6.45, 7) is 4.31. The topological polar surface area (TPSA) is 48.7 Å². The van der Waals surface area contributed by atoms with Gasteiger partial charge in [-0.2, -0.15) is 0 Å². The average molecular weight is 324 g/mol. The molecular formula is C20H20O4. The number of benzene rings is 2. The fourth-order valence-electron chi connectivity index (χ4n) is 2.83. The lowest BCUT2D eigenvalue weighted by Crippen LogP contribution is -2.03. The SMILES string of the molecule is CCc1cc(=O)oc2c(C)c(OCc3ccccc3OC)ccc12. The Morgan fingerprint density at radius 3 is 2.58 bits per heavy atom. The largest absolute Gasteiger partial charge is 0.496 e. The van der Waals surface area contributed by atoms with Crippen LogP contribution in [0.5, 0.6) is 11.5 Å². The van der Waals surface area contributed by atoms with Crippen LogP contribution in [0, 0.1) is 6.92 Å². The predicted octanol–water partition coefficient (Wildman–Crippen LogP) is 4.25. The molecule has 0 N–H and O–H groups in total. The molecule has 124 valence electrons. The molecule has 0 saturated carbocycles. The van der Waals surface area contributed by atoms with Crippen molar-refractivity contribution in [3.8, 4) is 11.5 Å². The van der Waals surface area contributed by atoms with Crippen LogP contribution in [0.1, 0.15) is 23.6 Å². The maximum Gasteiger partial charge on any atom is 0.336 e. The van der Waals surface area contributed by atoms with Gasteiger partial charge < -0.3 is 13.9 Å². The number of hydrogen-bond donors (Lipinski definition) is 0. The summed E-state index contributed by atoms with van der Waals surface area (Å²) in [5.74, 6) is 1.49. The second-order valence-corrected chi connectivity index (χ2v) is 5.61. The minimum Gasteiger partial charge on any atom is -0.496 e. The third kappa shape index (κ3) is 3.00. The van der Waals surface area contributed by atoms with Gasteiger partial charge in [0.05, 0.1) is 7.11 Å². The maximum absolute atomic E-state index is 11.8. The smallest absolute Gasteiger partial charge is 0.336 e. The van der Waals surface area contributed by atoms with Gasteiger partial charge in [0.1, 0.15) is 23.7 Å². The van der Waals surface area contributed by atoms with Crippen LogP contribution in [0.15, 0.2) is 51.7 Å². The highest BCUT2D eigenvalue weighted by Gasteiger charge is 2.12. The van der Waals surface area contributed by atoms with Gasteiger partial charge in [-0.15, -0.1) is 0 Å². The lowest BCUT2D eigenvalue weighted by molar-refractivity contribution is 0.294. The van der Waals surface area contributed by atoms with Crippen molar-refractivity contribution in [1.82, 2.24) is 0 Å². The Morgan fingerprint density at radius 2 is 1.83 bits per heavy atom. The molecule has 1 heterocycles. The summed E-state index contributed by atoms with van der Waals surface area (Å²) < 4.78 is 16.7. The van der Waals surface area contributed by atoms with Gasteiger partial charge in [0.15, 0.2) is 0 Å². The summed E-state index contributed by atoms with van der Waals surface area (Å²) in [4.78, 5) is 11.8. The number of aryl methyl sites for hydroxylation is 2. The minimum absolute atomic E-state index is 0.329. The highest BCUT2D eigenvalue weighted by molar-refractivity contribution is 5.84. The average Bonchev–Trinajstić information content (AvgIpc) is 2.61. The fraction of sp³-hybridized carbons (Fsp3) is 0.250. The molecule has 0 amide bonds. The Balaban J connectivity index is 1.96. The Morgan fingerprint density at radius 1 is 1.04 bits per heavy atom. The van der Waals surface area contributed by atoms with E-state index in [4.69, 9.17) is 13.9 Å². The molecular weight excluding hydrogens is 304 g/mol. The normalized spacial score (nSPS) is 10.8. The number of hydrogen-bond acceptors (Lipinski definition) is 4. The van der Waals surface area contributed by atoms with Crippen molar-refractivity contribution in [2.75, 3.05) is 7.11 Å². The first-order valence-corrected chi connectivity index (χ1v) is 7.95. The lowest BCUT2D eigenvalue weighted by Gasteiger charge is -2.13. The van der Waals surface area contributed by atoms with Crippen molar-refractivity contribution in [2.45, 2.75) is 26.9 Å². The summed E-state index contributed by atoms with van der Waals surface area (Å²) in [6, 6.07) is 13.2. The van der Waals surface area contributed by atoms with E-state index >= 15 is 0 Å². The maximum atomic E-state index is 11.8. The zero-order valence-electron chi connectivity index (χ0n) is 14.1. The van der Waals surface area contributed by atoms with Gasteiger partial charge in [0.25, 0.3) is 0 Å². The van der Waals surface area contributed by atoms with Crippen LogP contribution in [0.2, 0.25) is 0 Å². The number of ether oxygens (including phenoxy) is 2. The van der Waals surface area contributed by atoms with Crippen molar-refractivity contribution < 1.29 is 13.9 Å². The summed E-state index contributed by atoms with van der Waals surface area (Å²) in [5.41, 5.74) is 3.04. The zero-order chi connectivity index (χ0) is 17.1. The van der Waals surface area contributed by atoms with E-state index in [1.165, 1.54) is 0 Å². The molecule has 0 saturated heterocycles. The van der Waals surface area contributed by atoms with E-state index in [2.05, 4.69) is 0 Å². The molecule has 0 spiro atoms. The summed E-state index contributed by atoms with van der Waals surface area (Å²) >= 11 is 0. The Kier molecular flexibility index (Phi) is 4.56. The van der Waals surface area contributed by atoms with Gasteiger partial charge in [-0.1, -0.05) is 25.1 Å². The van der Waals surface area contributed by atoms with Gasteiger partial charge in [0.2, 0.25) is 0 Å². The van der Waals surface area contributed by atoms with Crippen molar-refractivity contribution in [1.29, 1.82) is 0 Å². The highest BCUT2D eigenvalue weighted by Crippen LogP contribution is 2.30. The van der Waals surface area contributed by atoms with Gasteiger partial charge in [-0.3, -0.25) is 0 Å². The molecule has 0 aliphatic heterocycles. The zero-order valence-corrected chi connectivity index (χ0v) is 14.1. The molecule has 0 aliphatic rings. The standard InChI is InChI=1S/C20H20O4/c1-4-14-11-19(21)24-20-13(2)17(10-9-16(14)20)23-12-15-7-5-6-8-18(15)22-3/h5-11H,4,12H2,1-3H3. The van der Waals surface area contributed by atoms with Crippen LogP contribution in [0.4, 0.5) is 0 Å². The van der Waals surface area contributed by atoms with E-state index in [1.807, 2.05) is 50.2 Å². The molecule has 0 aliphatic carbocycles. The predicted molar refractivity (Wildman–Crippen MR) is 93.9 cm³/mol. The van der Waals surface area contributed by atoms with Crippen molar-refractivity contribution in [3.63, 3.8) is 0 Å². The molecule has 0 radical (unpaired) electrons. The summed E-state index contributed by atoms with van der Waals surface area (Å²) in [5, 5.41) is 0.958. The Hall–Kier alpha value is -2.75. The molecule has 3 aromatic rings. The molecule has 3 rings (SSSR count). The number of fused-ring (bicyclic) bond motifs is 1. The number of methoxy groups -OCH3 is 1. The first kappa shape index (κ1) is 16.1. The van der Waals surface area contributed by atoms with Gasteiger partial charge in [-0.25, -0.2) is 4.79 Å². The second kappa shape index (κ2) is 6.79. The summed E-state index contributed by atoms with van der Waals surface area (Å²) in [7, 11) is 1.64. The van der Waals surface area contributed by atoms with Gasteiger partial charge >= 0.3 is 5.63 Å². The first-order chi connectivity index (χ1) is 11.6. The third-order valence-electron chi connectivity index (χ3n) is 4.15. The molecule has 4 heteroatoms. The monoisotopic (exact) mass is 324 g/mol. The van der Waals surface area contributed by atoms with E-state index in [1.54, 1.807) is 13.2 Å². The van der Waals surface area contributed by atoms with E-state index in [-0.39, 0.29) is 5.63 Å². The molecule has 4 nitrogen and oxygen atoms in total. The molecule has 24 heavy (non-hydrogen) atoms. The second-order valence-electron chi connectivity index (χ2n) is 5.61. The molecule has 0 bridgehead atoms. The van der Waals surface area contributed by atoms with Gasteiger partial charge in [0, 0.05) is 22.6 Å². The van der Waals surface area contributed by atoms with Crippen molar-refractivity contribution >= 4 is 11.0 Å². The van der Waals surface area contributed by atoms with Gasteiger partial charge in [-0.05, 0) is 37.1 Å². The minimum atomic E-state index is -0.329. The Bertz CT molecular complexity index is 925. The van der Waals surface area contributed by atoms with Crippen LogP contribution in [-0.2, 0) is 13.0 Å². The molecule has 0 fully saturated rings. The third-order valence-corrected chi connectivity index (χ3v) is 4.15. The van der Waals surface area contributed by atoms with Crippen LogP contribution >= 0.6 is 0 Å². The van der Waals surface area contributed by atoms with Crippen molar-refractivity contribution in [3.05, 3.63) is 69.6 Å². The first-order valence-electron chi connectivity index (χ1n) is 7.95. The van der Waals surface area contributed by atoms with Crippen LogP contribution in [0.25, 0.3) is 11.0 Å². The summed E-state index contributed by atoms with van der Waals surface area (Å²) in [6.07, 6.45) is 0.781. The van der Waals surface area contributed by atoms with Crippen LogP contribution in [-0.4, -0.2) is 7.11 Å².